The minimum Gasteiger partial charge on any atom is -0.484 e. The fourth-order valence-corrected chi connectivity index (χ4v) is 3.36. The van der Waals surface area contributed by atoms with E-state index in [1.807, 2.05) is 37.3 Å². The third kappa shape index (κ3) is 4.17. The van der Waals surface area contributed by atoms with E-state index in [0.29, 0.717) is 23.5 Å². The number of hydrazone groups is 1. The zero-order valence-corrected chi connectivity index (χ0v) is 16.9. The lowest BCUT2D eigenvalue weighted by atomic mass is 10.0. The number of benzene rings is 2. The first kappa shape index (κ1) is 19.6. The van der Waals surface area contributed by atoms with Gasteiger partial charge in [0.2, 0.25) is 0 Å². The summed E-state index contributed by atoms with van der Waals surface area (Å²) >= 11 is 0. The average molecular weight is 402 g/mol. The van der Waals surface area contributed by atoms with Gasteiger partial charge < -0.3 is 9.15 Å². The number of hydrogen-bond acceptors (Lipinski definition) is 5. The van der Waals surface area contributed by atoms with E-state index in [0.717, 1.165) is 16.8 Å². The first-order valence-electron chi connectivity index (χ1n) is 9.75. The summed E-state index contributed by atoms with van der Waals surface area (Å²) < 4.78 is 11.2. The molecule has 1 aromatic heterocycles. The summed E-state index contributed by atoms with van der Waals surface area (Å²) in [6.45, 7) is 3.37. The van der Waals surface area contributed by atoms with Crippen LogP contribution in [0.5, 0.6) is 5.75 Å². The lowest BCUT2D eigenvalue weighted by Gasteiger charge is -2.20. The Bertz CT molecular complexity index is 1070. The molecule has 2 heterocycles. The van der Waals surface area contributed by atoms with Gasteiger partial charge in [0, 0.05) is 12.0 Å². The van der Waals surface area contributed by atoms with Gasteiger partial charge in [-0.1, -0.05) is 29.8 Å². The number of rotatable bonds is 6. The second-order valence-corrected chi connectivity index (χ2v) is 7.26. The minimum atomic E-state index is -0.313. The van der Waals surface area contributed by atoms with Crippen LogP contribution in [-0.4, -0.2) is 29.0 Å². The zero-order valence-electron chi connectivity index (χ0n) is 16.9. The van der Waals surface area contributed by atoms with Crippen LogP contribution in [0.2, 0.25) is 0 Å². The summed E-state index contributed by atoms with van der Waals surface area (Å²) in [6, 6.07) is 18.1. The first-order valence-corrected chi connectivity index (χ1v) is 9.75. The third-order valence-electron chi connectivity index (χ3n) is 5.05. The summed E-state index contributed by atoms with van der Waals surface area (Å²) in [5, 5.41) is 6.03. The Balaban J connectivity index is 1.51. The van der Waals surface area contributed by atoms with Crippen LogP contribution in [-0.2, 0) is 4.79 Å². The van der Waals surface area contributed by atoms with Crippen molar-refractivity contribution in [2.24, 2.45) is 5.10 Å². The quantitative estimate of drug-likeness (QED) is 0.567. The van der Waals surface area contributed by atoms with Crippen molar-refractivity contribution in [1.82, 2.24) is 5.01 Å². The molecule has 1 amide bonds. The van der Waals surface area contributed by atoms with Gasteiger partial charge in [-0.25, -0.2) is 5.01 Å². The summed E-state index contributed by atoms with van der Waals surface area (Å²) in [4.78, 5) is 24.3. The number of nitrogens with zero attached hydrogens (tertiary/aromatic N) is 2. The smallest absolute Gasteiger partial charge is 0.281 e. The number of aryl methyl sites for hydroxylation is 1. The normalized spacial score (nSPS) is 15.7. The standard InChI is InChI=1S/C24H22N2O4/c1-16-5-7-19(8-6-16)21-14-22(23-4-3-13-29-23)26(25-21)24(28)15-30-20-11-9-18(10-12-20)17(2)27/h3-13,22H,14-15H2,1-2H3/t22-/m1/s1. The molecule has 1 aliphatic heterocycles. The first-order chi connectivity index (χ1) is 14.5. The molecule has 0 radical (unpaired) electrons. The highest BCUT2D eigenvalue weighted by Crippen LogP contribution is 2.33. The highest BCUT2D eigenvalue weighted by molar-refractivity contribution is 6.03. The molecule has 0 saturated carbocycles. The topological polar surface area (TPSA) is 72.1 Å². The molecule has 30 heavy (non-hydrogen) atoms. The van der Waals surface area contributed by atoms with Gasteiger partial charge in [0.05, 0.1) is 12.0 Å². The van der Waals surface area contributed by atoms with Crippen LogP contribution in [0.25, 0.3) is 0 Å². The van der Waals surface area contributed by atoms with Gasteiger partial charge >= 0.3 is 0 Å². The van der Waals surface area contributed by atoms with Crippen LogP contribution < -0.4 is 4.74 Å². The molecule has 6 heteroatoms. The molecule has 4 rings (SSSR count). The van der Waals surface area contributed by atoms with E-state index in [9.17, 15) is 9.59 Å². The van der Waals surface area contributed by atoms with Crippen molar-refractivity contribution < 1.29 is 18.7 Å². The van der Waals surface area contributed by atoms with Gasteiger partial charge in [0.1, 0.15) is 17.6 Å². The van der Waals surface area contributed by atoms with E-state index in [2.05, 4.69) is 5.10 Å². The largest absolute Gasteiger partial charge is 0.484 e. The zero-order chi connectivity index (χ0) is 21.1. The molecular formula is C24H22N2O4. The molecule has 0 aliphatic carbocycles. The SMILES string of the molecule is CC(=O)c1ccc(OCC(=O)N2N=C(c3ccc(C)cc3)C[C@@H]2c2ccco2)cc1. The van der Waals surface area contributed by atoms with E-state index in [-0.39, 0.29) is 24.3 Å². The van der Waals surface area contributed by atoms with Crippen molar-refractivity contribution in [2.75, 3.05) is 6.61 Å². The van der Waals surface area contributed by atoms with E-state index in [1.165, 1.54) is 11.9 Å². The van der Waals surface area contributed by atoms with E-state index >= 15 is 0 Å². The van der Waals surface area contributed by atoms with Crippen LogP contribution in [0, 0.1) is 6.92 Å². The van der Waals surface area contributed by atoms with Crippen LogP contribution in [0.4, 0.5) is 0 Å². The van der Waals surface area contributed by atoms with E-state index < -0.39 is 0 Å². The Hall–Kier alpha value is -3.67. The number of hydrogen-bond donors (Lipinski definition) is 0. The van der Waals surface area contributed by atoms with Gasteiger partial charge in [0.25, 0.3) is 5.91 Å². The minimum absolute atomic E-state index is 0.0195. The predicted octanol–water partition coefficient (Wildman–Crippen LogP) is 4.55. The van der Waals surface area contributed by atoms with Crippen LogP contribution in [0.1, 0.15) is 46.6 Å². The van der Waals surface area contributed by atoms with Crippen LogP contribution >= 0.6 is 0 Å². The molecule has 0 saturated heterocycles. The van der Waals surface area contributed by atoms with Crippen molar-refractivity contribution in [3.05, 3.63) is 89.4 Å². The maximum absolute atomic E-state index is 12.9. The summed E-state index contributed by atoms with van der Waals surface area (Å²) in [7, 11) is 0. The molecule has 0 unspecified atom stereocenters. The fraction of sp³-hybridized carbons (Fsp3) is 0.208. The Morgan fingerprint density at radius 1 is 1.10 bits per heavy atom. The number of Topliss-reactive ketones (excluding diaryl/α,β-unsaturated/α-hetero) is 1. The Morgan fingerprint density at radius 2 is 1.83 bits per heavy atom. The maximum Gasteiger partial charge on any atom is 0.281 e. The van der Waals surface area contributed by atoms with Crippen LogP contribution in [0.15, 0.2) is 76.4 Å². The summed E-state index contributed by atoms with van der Waals surface area (Å²) in [5.74, 6) is 0.910. The van der Waals surface area contributed by atoms with Gasteiger partial charge in [-0.15, -0.1) is 0 Å². The second-order valence-electron chi connectivity index (χ2n) is 7.26. The summed E-state index contributed by atoms with van der Waals surface area (Å²) in [6.07, 6.45) is 2.16. The molecule has 0 fully saturated rings. The molecular weight excluding hydrogens is 380 g/mol. The Morgan fingerprint density at radius 3 is 2.47 bits per heavy atom. The van der Waals surface area contributed by atoms with E-state index in [1.54, 1.807) is 36.6 Å². The summed E-state index contributed by atoms with van der Waals surface area (Å²) in [5.41, 5.74) is 3.57. The molecule has 3 aromatic rings. The second kappa shape index (κ2) is 8.37. The molecule has 1 atom stereocenters. The highest BCUT2D eigenvalue weighted by atomic mass is 16.5. The molecule has 152 valence electrons. The molecule has 2 aromatic carbocycles. The maximum atomic E-state index is 12.9. The van der Waals surface area contributed by atoms with Crippen molar-refractivity contribution in [3.8, 4) is 5.75 Å². The van der Waals surface area contributed by atoms with Gasteiger partial charge in [-0.2, -0.15) is 5.10 Å². The number of ether oxygens (including phenoxy) is 1. The van der Waals surface area contributed by atoms with Gasteiger partial charge in [0.15, 0.2) is 12.4 Å². The van der Waals surface area contributed by atoms with Gasteiger partial charge in [-0.05, 0) is 55.8 Å². The van der Waals surface area contributed by atoms with Crippen LogP contribution in [0.3, 0.4) is 0 Å². The monoisotopic (exact) mass is 402 g/mol. The molecule has 6 nitrogen and oxygen atoms in total. The van der Waals surface area contributed by atoms with Crippen molar-refractivity contribution in [3.63, 3.8) is 0 Å². The highest BCUT2D eigenvalue weighted by Gasteiger charge is 2.35. The number of amides is 1. The number of furan rings is 1. The Kier molecular flexibility index (Phi) is 5.48. The number of carbonyl (C=O) groups excluding carboxylic acids is 2. The molecule has 0 N–H and O–H groups in total. The third-order valence-corrected chi connectivity index (χ3v) is 5.05. The lowest BCUT2D eigenvalue weighted by molar-refractivity contribution is -0.135. The van der Waals surface area contributed by atoms with Gasteiger partial charge in [-0.3, -0.25) is 9.59 Å². The van der Waals surface area contributed by atoms with E-state index in [4.69, 9.17) is 9.15 Å². The number of carbonyl (C=O) groups is 2. The molecule has 0 bridgehead atoms. The van der Waals surface area contributed by atoms with Crippen molar-refractivity contribution >= 4 is 17.4 Å². The average Bonchev–Trinajstić information content (AvgIpc) is 3.43. The van der Waals surface area contributed by atoms with Crippen molar-refractivity contribution in [1.29, 1.82) is 0 Å². The molecule has 0 spiro atoms. The predicted molar refractivity (Wildman–Crippen MR) is 113 cm³/mol. The molecule has 1 aliphatic rings. The Labute approximate surface area is 174 Å². The number of ketones is 1. The lowest BCUT2D eigenvalue weighted by Crippen LogP contribution is -2.31. The fourth-order valence-electron chi connectivity index (χ4n) is 3.36. The van der Waals surface area contributed by atoms with Crippen molar-refractivity contribution in [2.45, 2.75) is 26.3 Å².